The Morgan fingerprint density at radius 1 is 1.47 bits per heavy atom. The second kappa shape index (κ2) is 4.68. The number of aromatic nitrogens is 1. The highest BCUT2D eigenvalue weighted by Crippen LogP contribution is 2.45. The van der Waals surface area contributed by atoms with Gasteiger partial charge in [0.1, 0.15) is 11.7 Å². The molecule has 0 radical (unpaired) electrons. The molecule has 1 aliphatic carbocycles. The topological polar surface area (TPSA) is 96.5 Å². The molecular formula is C11H13N3O3S2. The van der Waals surface area contributed by atoms with Crippen molar-refractivity contribution in [3.63, 3.8) is 0 Å². The zero-order chi connectivity index (χ0) is 13.6. The van der Waals surface area contributed by atoms with Crippen molar-refractivity contribution in [2.24, 2.45) is 5.92 Å². The molecule has 1 saturated carbocycles. The third-order valence-electron chi connectivity index (χ3n) is 3.32. The van der Waals surface area contributed by atoms with Gasteiger partial charge in [0, 0.05) is 11.1 Å². The average Bonchev–Trinajstić information content (AvgIpc) is 2.96. The predicted octanol–water partition coefficient (Wildman–Crippen LogP) is 1.10. The van der Waals surface area contributed by atoms with Crippen molar-refractivity contribution in [2.45, 2.75) is 24.3 Å². The van der Waals surface area contributed by atoms with Crippen molar-refractivity contribution in [1.82, 2.24) is 9.88 Å². The van der Waals surface area contributed by atoms with Crippen LogP contribution in [0.15, 0.2) is 5.38 Å². The van der Waals surface area contributed by atoms with Gasteiger partial charge in [-0.1, -0.05) is 0 Å². The number of nitrogen functional groups attached to an aromatic ring is 1. The smallest absolute Gasteiger partial charge is 0.327 e. The number of carbonyl (C=O) groups is 2. The molecule has 1 amide bonds. The maximum absolute atomic E-state index is 12.5. The number of hydrogen-bond donors (Lipinski definition) is 2. The van der Waals surface area contributed by atoms with Gasteiger partial charge in [0.2, 0.25) is 0 Å². The average molecular weight is 299 g/mol. The molecular weight excluding hydrogens is 286 g/mol. The second-order valence-electron chi connectivity index (χ2n) is 4.70. The minimum absolute atomic E-state index is 0.0310. The molecule has 1 saturated heterocycles. The summed E-state index contributed by atoms with van der Waals surface area (Å²) >= 11 is 2.75. The van der Waals surface area contributed by atoms with E-state index in [1.807, 2.05) is 0 Å². The molecule has 2 aliphatic rings. The minimum Gasteiger partial charge on any atom is -0.480 e. The van der Waals surface area contributed by atoms with Crippen molar-refractivity contribution < 1.29 is 14.7 Å². The molecule has 2 atom stereocenters. The number of carboxylic acids is 1. The van der Waals surface area contributed by atoms with Crippen LogP contribution < -0.4 is 5.73 Å². The predicted molar refractivity (Wildman–Crippen MR) is 73.1 cm³/mol. The summed E-state index contributed by atoms with van der Waals surface area (Å²) in [7, 11) is 0. The highest BCUT2D eigenvalue weighted by Gasteiger charge is 2.48. The van der Waals surface area contributed by atoms with E-state index in [0.29, 0.717) is 16.8 Å². The summed E-state index contributed by atoms with van der Waals surface area (Å²) in [5, 5.41) is 11.1. The number of nitrogens with two attached hydrogens (primary N) is 1. The summed E-state index contributed by atoms with van der Waals surface area (Å²) in [5.74, 6) is -0.397. The molecule has 102 valence electrons. The van der Waals surface area contributed by atoms with Crippen molar-refractivity contribution >= 4 is 40.1 Å². The molecule has 19 heavy (non-hydrogen) atoms. The second-order valence-corrected chi connectivity index (χ2v) is 6.74. The van der Waals surface area contributed by atoms with Crippen LogP contribution in [0.25, 0.3) is 0 Å². The monoisotopic (exact) mass is 299 g/mol. The van der Waals surface area contributed by atoms with E-state index in [9.17, 15) is 14.7 Å². The fraction of sp³-hybridized carbons (Fsp3) is 0.545. The Labute approximate surface area is 118 Å². The van der Waals surface area contributed by atoms with E-state index in [2.05, 4.69) is 4.98 Å². The van der Waals surface area contributed by atoms with Gasteiger partial charge in [-0.3, -0.25) is 4.79 Å². The molecule has 1 aromatic rings. The van der Waals surface area contributed by atoms with Gasteiger partial charge in [-0.05, 0) is 18.8 Å². The number of hydrogen-bond acceptors (Lipinski definition) is 6. The summed E-state index contributed by atoms with van der Waals surface area (Å²) in [6.07, 6.45) is 2.12. The van der Waals surface area contributed by atoms with Gasteiger partial charge in [0.05, 0.1) is 5.37 Å². The van der Waals surface area contributed by atoms with E-state index in [0.717, 1.165) is 12.8 Å². The van der Waals surface area contributed by atoms with E-state index >= 15 is 0 Å². The fourth-order valence-electron chi connectivity index (χ4n) is 2.24. The van der Waals surface area contributed by atoms with Crippen molar-refractivity contribution in [1.29, 1.82) is 0 Å². The standard InChI is InChI=1S/C11H13N3O3S2/c12-11-13-6(3-19-11)8(15)14-7(10(16)17)4-18-9(14)5-1-2-5/h3,5,7,9H,1-2,4H2,(H2,12,13)(H,16,17). The van der Waals surface area contributed by atoms with Crippen LogP contribution in [-0.2, 0) is 4.79 Å². The summed E-state index contributed by atoms with van der Waals surface area (Å²) < 4.78 is 0. The molecule has 0 aromatic carbocycles. The van der Waals surface area contributed by atoms with Crippen LogP contribution in [0.2, 0.25) is 0 Å². The number of amides is 1. The lowest BCUT2D eigenvalue weighted by molar-refractivity contribution is -0.141. The Morgan fingerprint density at radius 2 is 2.21 bits per heavy atom. The number of thiazole rings is 1. The van der Waals surface area contributed by atoms with E-state index in [1.165, 1.54) is 16.2 Å². The van der Waals surface area contributed by atoms with Crippen molar-refractivity contribution in [2.75, 3.05) is 11.5 Å². The third-order valence-corrected chi connectivity index (χ3v) is 5.46. The van der Waals surface area contributed by atoms with Gasteiger partial charge in [0.15, 0.2) is 5.13 Å². The highest BCUT2D eigenvalue weighted by molar-refractivity contribution is 8.00. The molecule has 3 N–H and O–H groups in total. The van der Waals surface area contributed by atoms with Crippen LogP contribution in [-0.4, -0.2) is 44.0 Å². The molecule has 6 nitrogen and oxygen atoms in total. The van der Waals surface area contributed by atoms with Crippen LogP contribution >= 0.6 is 23.1 Å². The van der Waals surface area contributed by atoms with E-state index in [1.54, 1.807) is 17.1 Å². The van der Waals surface area contributed by atoms with Gasteiger partial charge in [-0.25, -0.2) is 9.78 Å². The zero-order valence-electron chi connectivity index (χ0n) is 9.98. The molecule has 2 fully saturated rings. The number of nitrogens with zero attached hydrogens (tertiary/aromatic N) is 2. The Balaban J connectivity index is 1.88. The molecule has 3 rings (SSSR count). The molecule has 1 aromatic heterocycles. The highest BCUT2D eigenvalue weighted by atomic mass is 32.2. The third kappa shape index (κ3) is 2.30. The Bertz CT molecular complexity index is 529. The van der Waals surface area contributed by atoms with Gasteiger partial charge in [-0.15, -0.1) is 23.1 Å². The molecule has 0 spiro atoms. The normalized spacial score (nSPS) is 26.6. The molecule has 2 unspecified atom stereocenters. The molecule has 0 bridgehead atoms. The van der Waals surface area contributed by atoms with E-state index in [4.69, 9.17) is 5.73 Å². The lowest BCUT2D eigenvalue weighted by Crippen LogP contribution is -2.46. The minimum atomic E-state index is -0.952. The summed E-state index contributed by atoms with van der Waals surface area (Å²) in [6, 6.07) is -0.758. The first kappa shape index (κ1) is 12.7. The molecule has 1 aliphatic heterocycles. The quantitative estimate of drug-likeness (QED) is 0.867. The molecule has 2 heterocycles. The van der Waals surface area contributed by atoms with Gasteiger partial charge >= 0.3 is 5.97 Å². The summed E-state index contributed by atoms with van der Waals surface area (Å²) in [5.41, 5.74) is 5.78. The van der Waals surface area contributed by atoms with Crippen molar-refractivity contribution in [3.8, 4) is 0 Å². The Hall–Kier alpha value is -1.28. The number of aliphatic carboxylic acids is 1. The van der Waals surface area contributed by atoms with E-state index < -0.39 is 12.0 Å². The largest absolute Gasteiger partial charge is 0.480 e. The summed E-state index contributed by atoms with van der Waals surface area (Å²) in [4.78, 5) is 29.2. The van der Waals surface area contributed by atoms with Gasteiger partial charge in [0.25, 0.3) is 5.91 Å². The number of carbonyl (C=O) groups excluding carboxylic acids is 1. The Kier molecular flexibility index (Phi) is 3.14. The summed E-state index contributed by atoms with van der Waals surface area (Å²) in [6.45, 7) is 0. The van der Waals surface area contributed by atoms with E-state index in [-0.39, 0.29) is 17.0 Å². The van der Waals surface area contributed by atoms with Crippen LogP contribution in [0.1, 0.15) is 23.3 Å². The number of rotatable bonds is 3. The van der Waals surface area contributed by atoms with Crippen LogP contribution in [0, 0.1) is 5.92 Å². The van der Waals surface area contributed by atoms with Gasteiger partial charge < -0.3 is 15.7 Å². The molecule has 8 heteroatoms. The first-order valence-corrected chi connectivity index (χ1v) is 7.89. The zero-order valence-corrected chi connectivity index (χ0v) is 11.6. The number of carboxylic acid groups (broad SMARTS) is 1. The number of thioether (sulfide) groups is 1. The van der Waals surface area contributed by atoms with Crippen LogP contribution in [0.5, 0.6) is 0 Å². The SMILES string of the molecule is Nc1nc(C(=O)N2C(C(=O)O)CSC2C2CC2)cs1. The first-order chi connectivity index (χ1) is 9.08. The van der Waals surface area contributed by atoms with Crippen LogP contribution in [0.3, 0.4) is 0 Å². The maximum atomic E-state index is 12.5. The lowest BCUT2D eigenvalue weighted by atomic mass is 10.2. The van der Waals surface area contributed by atoms with Crippen LogP contribution in [0.4, 0.5) is 5.13 Å². The lowest BCUT2D eigenvalue weighted by Gasteiger charge is -2.26. The van der Waals surface area contributed by atoms with Crippen molar-refractivity contribution in [3.05, 3.63) is 11.1 Å². The maximum Gasteiger partial charge on any atom is 0.327 e. The fourth-order valence-corrected chi connectivity index (χ4v) is 4.40. The first-order valence-electron chi connectivity index (χ1n) is 5.96. The van der Waals surface area contributed by atoms with Gasteiger partial charge in [-0.2, -0.15) is 0 Å². The number of anilines is 1. The Morgan fingerprint density at radius 3 is 2.74 bits per heavy atom.